The molecule has 0 radical (unpaired) electrons. The molecule has 1 aliphatic heterocycles. The first-order valence-electron chi connectivity index (χ1n) is 4.42. The number of hydrogen-bond donors (Lipinski definition) is 2. The lowest BCUT2D eigenvalue weighted by atomic mass is 10.7. The molecule has 0 aromatic rings. The smallest absolute Gasteiger partial charge is 0.415 e. The van der Waals surface area contributed by atoms with Gasteiger partial charge in [0.05, 0.1) is 19.8 Å². The number of carbonyl (C=O) groups is 1. The van der Waals surface area contributed by atoms with Crippen LogP contribution in [-0.2, 0) is 18.9 Å². The predicted octanol–water partition coefficient (Wildman–Crippen LogP) is -0.475. The molecule has 1 heterocycles. The molecule has 0 spiro atoms. The number of alkyl carbamates (subject to hydrolysis) is 1. The van der Waals surface area contributed by atoms with E-state index in [0.717, 1.165) is 0 Å². The SMILES string of the molecule is O=C(NCCOCCO)OC1=COCO1. The Morgan fingerprint density at radius 3 is 3.13 bits per heavy atom. The molecule has 7 heteroatoms. The van der Waals surface area contributed by atoms with Gasteiger partial charge in [-0.05, 0) is 0 Å². The van der Waals surface area contributed by atoms with Crippen molar-refractivity contribution in [1.29, 1.82) is 0 Å². The summed E-state index contributed by atoms with van der Waals surface area (Å²) >= 11 is 0. The third-order valence-electron chi connectivity index (χ3n) is 1.39. The molecule has 0 saturated heterocycles. The molecule has 0 aromatic heterocycles. The standard InChI is InChI=1S/C8H13NO6/c10-2-4-12-3-1-9-8(11)15-7-5-13-6-14-7/h5,10H,1-4,6H2,(H,9,11). The van der Waals surface area contributed by atoms with Crippen molar-refractivity contribution in [2.24, 2.45) is 0 Å². The quantitative estimate of drug-likeness (QED) is 0.587. The Morgan fingerprint density at radius 1 is 1.60 bits per heavy atom. The van der Waals surface area contributed by atoms with Gasteiger partial charge in [0.25, 0.3) is 0 Å². The van der Waals surface area contributed by atoms with E-state index in [4.69, 9.17) is 14.6 Å². The van der Waals surface area contributed by atoms with Crippen molar-refractivity contribution in [2.45, 2.75) is 0 Å². The molecular weight excluding hydrogens is 206 g/mol. The summed E-state index contributed by atoms with van der Waals surface area (Å²) in [5.74, 6) is 0.0313. The summed E-state index contributed by atoms with van der Waals surface area (Å²) in [6.07, 6.45) is 0.571. The Bertz CT molecular complexity index is 229. The van der Waals surface area contributed by atoms with Crippen LogP contribution in [0.3, 0.4) is 0 Å². The molecule has 1 rings (SSSR count). The van der Waals surface area contributed by atoms with Gasteiger partial charge in [-0.1, -0.05) is 0 Å². The van der Waals surface area contributed by atoms with Gasteiger partial charge in [-0.25, -0.2) is 4.79 Å². The van der Waals surface area contributed by atoms with Gasteiger partial charge in [-0.3, -0.25) is 0 Å². The monoisotopic (exact) mass is 219 g/mol. The van der Waals surface area contributed by atoms with Crippen LogP contribution in [0.1, 0.15) is 0 Å². The minimum atomic E-state index is -0.639. The Labute approximate surface area is 86.6 Å². The van der Waals surface area contributed by atoms with E-state index in [9.17, 15) is 4.79 Å². The summed E-state index contributed by atoms with van der Waals surface area (Å²) in [4.78, 5) is 11.0. The first-order valence-corrected chi connectivity index (χ1v) is 4.42. The molecule has 15 heavy (non-hydrogen) atoms. The van der Waals surface area contributed by atoms with Crippen molar-refractivity contribution in [2.75, 3.05) is 33.2 Å². The van der Waals surface area contributed by atoms with E-state index in [1.807, 2.05) is 0 Å². The second-order valence-electron chi connectivity index (χ2n) is 2.52. The molecule has 0 bridgehead atoms. The minimum Gasteiger partial charge on any atom is -0.458 e. The van der Waals surface area contributed by atoms with E-state index >= 15 is 0 Å². The number of carbonyl (C=O) groups excluding carboxylic acids is 1. The molecule has 86 valence electrons. The third kappa shape index (κ3) is 5.08. The van der Waals surface area contributed by atoms with Crippen molar-refractivity contribution in [3.05, 3.63) is 12.2 Å². The topological polar surface area (TPSA) is 86.3 Å². The maximum Gasteiger partial charge on any atom is 0.415 e. The number of rotatable bonds is 6. The fourth-order valence-corrected chi connectivity index (χ4v) is 0.801. The molecule has 2 N–H and O–H groups in total. The van der Waals surface area contributed by atoms with Crippen molar-refractivity contribution in [3.8, 4) is 0 Å². The molecular formula is C8H13NO6. The Hall–Kier alpha value is -1.47. The fourth-order valence-electron chi connectivity index (χ4n) is 0.801. The number of amides is 1. The average Bonchev–Trinajstić information content (AvgIpc) is 2.70. The van der Waals surface area contributed by atoms with Gasteiger partial charge in [0.2, 0.25) is 6.79 Å². The molecule has 0 aromatic carbocycles. The van der Waals surface area contributed by atoms with Crippen LogP contribution in [0.25, 0.3) is 0 Å². The Morgan fingerprint density at radius 2 is 2.47 bits per heavy atom. The minimum absolute atomic E-state index is 0.0313. The number of ether oxygens (including phenoxy) is 4. The zero-order chi connectivity index (χ0) is 10.9. The second-order valence-corrected chi connectivity index (χ2v) is 2.52. The number of aliphatic hydroxyl groups is 1. The Balaban J connectivity index is 1.98. The summed E-state index contributed by atoms with van der Waals surface area (Å²) < 4.78 is 19.0. The van der Waals surface area contributed by atoms with Crippen LogP contribution in [0.5, 0.6) is 0 Å². The van der Waals surface area contributed by atoms with E-state index in [1.165, 1.54) is 6.26 Å². The molecule has 0 unspecified atom stereocenters. The van der Waals surface area contributed by atoms with E-state index in [0.29, 0.717) is 13.2 Å². The average molecular weight is 219 g/mol. The first-order chi connectivity index (χ1) is 7.33. The van der Waals surface area contributed by atoms with Gasteiger partial charge in [-0.2, -0.15) is 0 Å². The third-order valence-corrected chi connectivity index (χ3v) is 1.39. The van der Waals surface area contributed by atoms with E-state index < -0.39 is 6.09 Å². The molecule has 1 aliphatic rings. The van der Waals surface area contributed by atoms with Crippen LogP contribution in [-0.4, -0.2) is 44.4 Å². The van der Waals surface area contributed by atoms with E-state index in [1.54, 1.807) is 0 Å². The van der Waals surface area contributed by atoms with Crippen LogP contribution in [0.4, 0.5) is 4.79 Å². The number of nitrogens with one attached hydrogen (secondary N) is 1. The number of aliphatic hydroxyl groups excluding tert-OH is 1. The predicted molar refractivity (Wildman–Crippen MR) is 47.5 cm³/mol. The van der Waals surface area contributed by atoms with Gasteiger partial charge in [-0.15, -0.1) is 0 Å². The highest BCUT2D eigenvalue weighted by Crippen LogP contribution is 2.07. The summed E-state index contributed by atoms with van der Waals surface area (Å²) in [5.41, 5.74) is 0. The molecule has 0 fully saturated rings. The lowest BCUT2D eigenvalue weighted by Crippen LogP contribution is -2.28. The molecule has 0 aliphatic carbocycles. The lowest BCUT2D eigenvalue weighted by molar-refractivity contribution is 0.0278. The maximum absolute atomic E-state index is 11.0. The van der Waals surface area contributed by atoms with Crippen LogP contribution in [0.15, 0.2) is 12.2 Å². The van der Waals surface area contributed by atoms with Gasteiger partial charge in [0, 0.05) is 6.54 Å². The van der Waals surface area contributed by atoms with Gasteiger partial charge < -0.3 is 29.4 Å². The molecule has 1 amide bonds. The van der Waals surface area contributed by atoms with Gasteiger partial charge in [0.15, 0.2) is 6.26 Å². The van der Waals surface area contributed by atoms with Gasteiger partial charge >= 0.3 is 12.0 Å². The van der Waals surface area contributed by atoms with Crippen molar-refractivity contribution in [1.82, 2.24) is 5.32 Å². The lowest BCUT2D eigenvalue weighted by Gasteiger charge is -2.05. The van der Waals surface area contributed by atoms with Crippen molar-refractivity contribution in [3.63, 3.8) is 0 Å². The zero-order valence-electron chi connectivity index (χ0n) is 8.10. The van der Waals surface area contributed by atoms with Crippen LogP contribution < -0.4 is 5.32 Å². The highest BCUT2D eigenvalue weighted by molar-refractivity contribution is 5.68. The highest BCUT2D eigenvalue weighted by atomic mass is 16.8. The summed E-state index contributed by atoms with van der Waals surface area (Å²) in [7, 11) is 0. The van der Waals surface area contributed by atoms with Crippen molar-refractivity contribution >= 4 is 6.09 Å². The van der Waals surface area contributed by atoms with Gasteiger partial charge in [0.1, 0.15) is 0 Å². The van der Waals surface area contributed by atoms with Crippen LogP contribution >= 0.6 is 0 Å². The summed E-state index contributed by atoms with van der Waals surface area (Å²) in [6, 6.07) is 0. The number of hydrogen-bond acceptors (Lipinski definition) is 6. The Kier molecular flexibility index (Phi) is 5.34. The second kappa shape index (κ2) is 6.91. The molecule has 0 saturated carbocycles. The summed E-state index contributed by atoms with van der Waals surface area (Å²) in [6.45, 7) is 0.878. The van der Waals surface area contributed by atoms with Crippen LogP contribution in [0.2, 0.25) is 0 Å². The summed E-state index contributed by atoms with van der Waals surface area (Å²) in [5, 5.41) is 10.8. The van der Waals surface area contributed by atoms with E-state index in [2.05, 4.69) is 14.8 Å². The van der Waals surface area contributed by atoms with E-state index in [-0.39, 0.29) is 26.0 Å². The maximum atomic E-state index is 11.0. The molecule has 0 atom stereocenters. The van der Waals surface area contributed by atoms with Crippen LogP contribution in [0, 0.1) is 0 Å². The highest BCUT2D eigenvalue weighted by Gasteiger charge is 2.12. The zero-order valence-corrected chi connectivity index (χ0v) is 8.10. The fraction of sp³-hybridized carbons (Fsp3) is 0.625. The van der Waals surface area contributed by atoms with Crippen molar-refractivity contribution < 1.29 is 28.8 Å². The first kappa shape index (κ1) is 11.6. The normalized spacial score (nSPS) is 13.8. The molecule has 7 nitrogen and oxygen atoms in total. The largest absolute Gasteiger partial charge is 0.458 e.